The van der Waals surface area contributed by atoms with Crippen LogP contribution in [0.25, 0.3) is 0 Å². The van der Waals surface area contributed by atoms with Crippen LogP contribution in [-0.4, -0.2) is 47.1 Å². The first-order valence-electron chi connectivity index (χ1n) is 6.92. The van der Waals surface area contributed by atoms with Crippen molar-refractivity contribution in [3.05, 3.63) is 17.5 Å². The van der Waals surface area contributed by atoms with Crippen LogP contribution in [0.3, 0.4) is 0 Å². The molecule has 0 spiro atoms. The van der Waals surface area contributed by atoms with Gasteiger partial charge in [-0.15, -0.1) is 0 Å². The number of hydrogen-bond acceptors (Lipinski definition) is 5. The van der Waals surface area contributed by atoms with E-state index in [1.807, 2.05) is 6.92 Å². The summed E-state index contributed by atoms with van der Waals surface area (Å²) in [6.45, 7) is 10.4. The van der Waals surface area contributed by atoms with Crippen molar-refractivity contribution in [2.45, 2.75) is 33.2 Å². The maximum atomic E-state index is 8.98. The maximum Gasteiger partial charge on any atom is 0.226 e. The molecule has 0 aromatic carbocycles. The Kier molecular flexibility index (Phi) is 4.33. The minimum Gasteiger partial charge on any atom is -0.339 e. The van der Waals surface area contributed by atoms with Gasteiger partial charge in [0, 0.05) is 24.8 Å². The third-order valence-electron chi connectivity index (χ3n) is 3.73. The Hall–Kier alpha value is -1.67. The third-order valence-corrected chi connectivity index (χ3v) is 3.73. The fourth-order valence-corrected chi connectivity index (χ4v) is 2.71. The predicted molar refractivity (Wildman–Crippen MR) is 75.0 cm³/mol. The van der Waals surface area contributed by atoms with E-state index in [2.05, 4.69) is 39.7 Å². The van der Waals surface area contributed by atoms with Gasteiger partial charge in [-0.05, 0) is 32.5 Å². The van der Waals surface area contributed by atoms with Crippen LogP contribution in [0.1, 0.15) is 31.7 Å². The van der Waals surface area contributed by atoms with Crippen molar-refractivity contribution in [3.63, 3.8) is 0 Å². The zero-order chi connectivity index (χ0) is 13.8. The number of nitrogens with zero attached hydrogens (tertiary/aromatic N) is 5. The Morgan fingerprint density at radius 2 is 2.16 bits per heavy atom. The first kappa shape index (κ1) is 13.8. The predicted octanol–water partition coefficient (Wildman–Crippen LogP) is 1.58. The molecule has 1 aliphatic rings. The van der Waals surface area contributed by atoms with E-state index in [-0.39, 0.29) is 0 Å². The number of rotatable bonds is 4. The van der Waals surface area contributed by atoms with Gasteiger partial charge in [-0.3, -0.25) is 4.90 Å². The second-order valence-corrected chi connectivity index (χ2v) is 4.92. The first-order chi connectivity index (χ1) is 9.17. The van der Waals surface area contributed by atoms with E-state index >= 15 is 0 Å². The highest BCUT2D eigenvalue weighted by Gasteiger charge is 2.27. The lowest BCUT2D eigenvalue weighted by molar-refractivity contribution is 0.232. The van der Waals surface area contributed by atoms with Crippen LogP contribution in [0.4, 0.5) is 5.95 Å². The zero-order valence-electron chi connectivity index (χ0n) is 11.9. The van der Waals surface area contributed by atoms with E-state index in [0.29, 0.717) is 17.7 Å². The smallest absolute Gasteiger partial charge is 0.226 e. The zero-order valence-corrected chi connectivity index (χ0v) is 11.9. The molecule has 1 saturated heterocycles. The van der Waals surface area contributed by atoms with Gasteiger partial charge in [0.2, 0.25) is 5.95 Å². The first-order valence-corrected chi connectivity index (χ1v) is 6.92. The highest BCUT2D eigenvalue weighted by molar-refractivity contribution is 5.37. The summed E-state index contributed by atoms with van der Waals surface area (Å²) in [5, 5.41) is 8.98. The molecular formula is C14H21N5. The van der Waals surface area contributed by atoms with Gasteiger partial charge in [0.05, 0.1) is 0 Å². The molecule has 102 valence electrons. The Balaban J connectivity index is 2.13. The largest absolute Gasteiger partial charge is 0.339 e. The molecule has 1 aromatic rings. The molecular weight excluding hydrogens is 238 g/mol. The Bertz CT molecular complexity index is 475. The molecule has 1 unspecified atom stereocenters. The van der Waals surface area contributed by atoms with Crippen LogP contribution in [0.15, 0.2) is 6.07 Å². The van der Waals surface area contributed by atoms with Gasteiger partial charge in [-0.1, -0.05) is 13.8 Å². The van der Waals surface area contributed by atoms with Crippen LogP contribution in [0.5, 0.6) is 0 Å². The summed E-state index contributed by atoms with van der Waals surface area (Å²) in [7, 11) is 0. The second kappa shape index (κ2) is 5.98. The molecule has 2 heterocycles. The summed E-state index contributed by atoms with van der Waals surface area (Å²) < 4.78 is 0. The Morgan fingerprint density at radius 3 is 2.79 bits per heavy atom. The fraction of sp³-hybridized carbons (Fsp3) is 0.643. The van der Waals surface area contributed by atoms with Gasteiger partial charge in [0.25, 0.3) is 0 Å². The van der Waals surface area contributed by atoms with Crippen LogP contribution >= 0.6 is 0 Å². The molecule has 2 rings (SSSR count). The average Bonchev–Trinajstić information content (AvgIpc) is 2.89. The van der Waals surface area contributed by atoms with E-state index in [1.54, 1.807) is 6.07 Å². The molecule has 0 amide bonds. The van der Waals surface area contributed by atoms with Crippen LogP contribution in [0, 0.1) is 18.3 Å². The molecule has 19 heavy (non-hydrogen) atoms. The maximum absolute atomic E-state index is 8.98. The minimum atomic E-state index is 0.453. The summed E-state index contributed by atoms with van der Waals surface area (Å²) in [5.74, 6) is 0.700. The fourth-order valence-electron chi connectivity index (χ4n) is 2.71. The molecule has 0 aliphatic carbocycles. The van der Waals surface area contributed by atoms with Gasteiger partial charge in [-0.2, -0.15) is 5.26 Å². The highest BCUT2D eigenvalue weighted by atomic mass is 15.3. The Labute approximate surface area is 114 Å². The number of anilines is 1. The molecule has 1 aromatic heterocycles. The normalized spacial score (nSPS) is 18.9. The molecule has 0 saturated carbocycles. The number of nitriles is 1. The van der Waals surface area contributed by atoms with Crippen LogP contribution in [-0.2, 0) is 0 Å². The lowest BCUT2D eigenvalue weighted by Crippen LogP contribution is -2.37. The van der Waals surface area contributed by atoms with Crippen molar-refractivity contribution in [1.82, 2.24) is 14.9 Å². The van der Waals surface area contributed by atoms with E-state index in [9.17, 15) is 0 Å². The SMILES string of the molecule is CCN(CC)C1CCN(c2nc(C)cc(C#N)n2)C1. The molecule has 1 fully saturated rings. The lowest BCUT2D eigenvalue weighted by atomic mass is 10.2. The van der Waals surface area contributed by atoms with Crippen molar-refractivity contribution in [3.8, 4) is 6.07 Å². The van der Waals surface area contributed by atoms with Gasteiger partial charge in [0.15, 0.2) is 0 Å². The van der Waals surface area contributed by atoms with E-state index in [1.165, 1.54) is 0 Å². The van der Waals surface area contributed by atoms with Crippen molar-refractivity contribution in [2.24, 2.45) is 0 Å². The monoisotopic (exact) mass is 259 g/mol. The van der Waals surface area contributed by atoms with Gasteiger partial charge in [0.1, 0.15) is 11.8 Å². The van der Waals surface area contributed by atoms with E-state index in [4.69, 9.17) is 5.26 Å². The average molecular weight is 259 g/mol. The molecule has 0 bridgehead atoms. The quantitative estimate of drug-likeness (QED) is 0.821. The van der Waals surface area contributed by atoms with E-state index < -0.39 is 0 Å². The molecule has 0 radical (unpaired) electrons. The third kappa shape index (κ3) is 3.02. The summed E-state index contributed by atoms with van der Waals surface area (Å²) >= 11 is 0. The van der Waals surface area contributed by atoms with E-state index in [0.717, 1.165) is 38.3 Å². The van der Waals surface area contributed by atoms with Gasteiger partial charge >= 0.3 is 0 Å². The standard InChI is InChI=1S/C14H21N5/c1-4-18(5-2)13-6-7-19(10-13)14-16-11(3)8-12(9-15)17-14/h8,13H,4-7,10H2,1-3H3. The van der Waals surface area contributed by atoms with Gasteiger partial charge in [-0.25, -0.2) is 9.97 Å². The van der Waals surface area contributed by atoms with Crippen molar-refractivity contribution < 1.29 is 0 Å². The van der Waals surface area contributed by atoms with Gasteiger partial charge < -0.3 is 4.90 Å². The highest BCUT2D eigenvalue weighted by Crippen LogP contribution is 2.20. The summed E-state index contributed by atoms with van der Waals surface area (Å²) in [6, 6.07) is 4.40. The van der Waals surface area contributed by atoms with Crippen LogP contribution < -0.4 is 4.90 Å². The summed E-state index contributed by atoms with van der Waals surface area (Å²) in [6.07, 6.45) is 1.14. The number of aryl methyl sites for hydroxylation is 1. The van der Waals surface area contributed by atoms with Crippen molar-refractivity contribution in [2.75, 3.05) is 31.1 Å². The topological polar surface area (TPSA) is 56.0 Å². The van der Waals surface area contributed by atoms with Crippen LogP contribution in [0.2, 0.25) is 0 Å². The molecule has 1 atom stereocenters. The summed E-state index contributed by atoms with van der Waals surface area (Å²) in [5.41, 5.74) is 1.31. The minimum absolute atomic E-state index is 0.453. The number of likely N-dealkylation sites (N-methyl/N-ethyl adjacent to an activating group) is 1. The molecule has 5 heteroatoms. The van der Waals surface area contributed by atoms with Crippen molar-refractivity contribution >= 4 is 5.95 Å². The summed E-state index contributed by atoms with van der Waals surface area (Å²) in [4.78, 5) is 13.4. The molecule has 1 aliphatic heterocycles. The number of aromatic nitrogens is 2. The molecule has 0 N–H and O–H groups in total. The second-order valence-electron chi connectivity index (χ2n) is 4.92. The Morgan fingerprint density at radius 1 is 1.42 bits per heavy atom. The molecule has 5 nitrogen and oxygen atoms in total. The number of hydrogen-bond donors (Lipinski definition) is 0. The lowest BCUT2D eigenvalue weighted by Gasteiger charge is -2.26. The van der Waals surface area contributed by atoms with Crippen molar-refractivity contribution in [1.29, 1.82) is 5.26 Å².